The number of ether oxygens (including phenoxy) is 1. The van der Waals surface area contributed by atoms with E-state index in [1.165, 1.54) is 11.1 Å². The number of phosphoric acid groups is 1. The van der Waals surface area contributed by atoms with Crippen molar-refractivity contribution in [3.05, 3.63) is 65.7 Å². The molecule has 1 unspecified atom stereocenters. The first-order valence-corrected chi connectivity index (χ1v) is 13.2. The summed E-state index contributed by atoms with van der Waals surface area (Å²) in [7, 11) is -4.49. The van der Waals surface area contributed by atoms with Crippen LogP contribution in [0.5, 0.6) is 5.75 Å². The molecule has 3 rings (SSSR count). The molecule has 8 heteroatoms. The second-order valence-corrected chi connectivity index (χ2v) is 9.72. The van der Waals surface area contributed by atoms with Crippen LogP contribution in [-0.4, -0.2) is 39.8 Å². The Kier molecular flexibility index (Phi) is 9.51. The van der Waals surface area contributed by atoms with Gasteiger partial charge in [0, 0.05) is 19.5 Å². The first kappa shape index (κ1) is 25.4. The summed E-state index contributed by atoms with van der Waals surface area (Å²) in [6.45, 7) is 2.66. The number of unbranched alkanes of at least 4 members (excludes halogenated alkanes) is 2. The molecule has 7 nitrogen and oxygen atoms in total. The molecule has 1 amide bonds. The monoisotopic (exact) mass is 475 g/mol. The number of phosphoric ester groups is 1. The molecule has 0 radical (unpaired) electrons. The van der Waals surface area contributed by atoms with E-state index in [4.69, 9.17) is 14.5 Å². The van der Waals surface area contributed by atoms with E-state index >= 15 is 0 Å². The Balaban J connectivity index is 1.42. The summed E-state index contributed by atoms with van der Waals surface area (Å²) >= 11 is 0. The molecule has 1 fully saturated rings. The number of carbonyl (C=O) groups excluding carboxylic acids is 1. The fourth-order valence-electron chi connectivity index (χ4n) is 3.96. The van der Waals surface area contributed by atoms with E-state index in [2.05, 4.69) is 35.7 Å². The van der Waals surface area contributed by atoms with Crippen LogP contribution in [0.3, 0.4) is 0 Å². The molecule has 1 aliphatic heterocycles. The third-order valence-electron chi connectivity index (χ3n) is 5.76. The largest absolute Gasteiger partial charge is 0.486 e. The number of aryl methyl sites for hydroxylation is 1. The molecule has 0 bridgehead atoms. The number of nitrogens with zero attached hydrogens (tertiary/aromatic N) is 1. The number of carbonyl (C=O) groups is 1. The van der Waals surface area contributed by atoms with Gasteiger partial charge in [0.1, 0.15) is 18.0 Å². The van der Waals surface area contributed by atoms with Crippen molar-refractivity contribution >= 4 is 13.7 Å². The van der Waals surface area contributed by atoms with Crippen LogP contribution in [0.25, 0.3) is 0 Å². The first-order valence-electron chi connectivity index (χ1n) is 11.7. The maximum Gasteiger partial charge on any atom is 0.469 e. The predicted molar refractivity (Wildman–Crippen MR) is 127 cm³/mol. The highest BCUT2D eigenvalue weighted by molar-refractivity contribution is 7.46. The molecule has 33 heavy (non-hydrogen) atoms. The van der Waals surface area contributed by atoms with Gasteiger partial charge in [-0.1, -0.05) is 55.8 Å². The van der Waals surface area contributed by atoms with Crippen molar-refractivity contribution in [1.82, 2.24) is 4.90 Å². The lowest BCUT2D eigenvalue weighted by molar-refractivity contribution is -0.140. The van der Waals surface area contributed by atoms with Gasteiger partial charge in [-0.3, -0.25) is 9.32 Å². The van der Waals surface area contributed by atoms with Crippen molar-refractivity contribution in [1.29, 1.82) is 0 Å². The topological polar surface area (TPSA) is 96.3 Å². The van der Waals surface area contributed by atoms with Gasteiger partial charge in [-0.25, -0.2) is 4.57 Å². The third kappa shape index (κ3) is 8.59. The van der Waals surface area contributed by atoms with Gasteiger partial charge >= 0.3 is 7.82 Å². The summed E-state index contributed by atoms with van der Waals surface area (Å²) in [5, 5.41) is 0. The van der Waals surface area contributed by atoms with Crippen LogP contribution >= 0.6 is 7.82 Å². The Morgan fingerprint density at radius 3 is 2.55 bits per heavy atom. The predicted octanol–water partition coefficient (Wildman–Crippen LogP) is 5.03. The normalized spacial score (nSPS) is 15.2. The molecule has 0 saturated carbocycles. The Morgan fingerprint density at radius 1 is 1.09 bits per heavy atom. The molecule has 2 aromatic rings. The van der Waals surface area contributed by atoms with E-state index in [1.54, 1.807) is 4.90 Å². The van der Waals surface area contributed by atoms with E-state index in [1.807, 2.05) is 30.3 Å². The van der Waals surface area contributed by atoms with Gasteiger partial charge < -0.3 is 19.4 Å². The maximum absolute atomic E-state index is 12.2. The molecule has 0 spiro atoms. The van der Waals surface area contributed by atoms with E-state index in [0.29, 0.717) is 6.42 Å². The average Bonchev–Trinajstić information content (AvgIpc) is 2.76. The zero-order valence-corrected chi connectivity index (χ0v) is 20.0. The lowest BCUT2D eigenvalue weighted by Gasteiger charge is -2.38. The Bertz CT molecular complexity index is 926. The van der Waals surface area contributed by atoms with Crippen LogP contribution in [-0.2, 0) is 20.3 Å². The molecule has 0 aliphatic carbocycles. The summed E-state index contributed by atoms with van der Waals surface area (Å²) in [5.41, 5.74) is 2.37. The number of benzene rings is 2. The van der Waals surface area contributed by atoms with Gasteiger partial charge in [-0.05, 0) is 55.4 Å². The van der Waals surface area contributed by atoms with Crippen LogP contribution in [0.1, 0.15) is 62.7 Å². The van der Waals surface area contributed by atoms with Crippen molar-refractivity contribution in [2.45, 2.75) is 64.1 Å². The van der Waals surface area contributed by atoms with E-state index in [9.17, 15) is 9.36 Å². The first-order chi connectivity index (χ1) is 15.8. The molecule has 1 heterocycles. The standard InChI is InChI=1S/C25H34NO6P/c1-2-3-15-24(21-12-5-4-6-13-21)31-22-14-9-11-20(17-22)10-7-8-16-25(27)26-18-23(19-26)32-33(28,29)30/h4-6,9,11-14,17,23-24H,2-3,7-8,10,15-16,18-19H2,1H3,(H2,28,29,30). The number of likely N-dealkylation sites (tertiary alicyclic amines) is 1. The smallest absolute Gasteiger partial charge is 0.469 e. The summed E-state index contributed by atoms with van der Waals surface area (Å²) in [5.74, 6) is 0.865. The van der Waals surface area contributed by atoms with Gasteiger partial charge in [-0.2, -0.15) is 0 Å². The minimum absolute atomic E-state index is 0.000673. The zero-order chi connectivity index (χ0) is 23.7. The van der Waals surface area contributed by atoms with Crippen LogP contribution in [0, 0.1) is 0 Å². The van der Waals surface area contributed by atoms with Gasteiger partial charge in [0.15, 0.2) is 0 Å². The highest BCUT2D eigenvalue weighted by atomic mass is 31.2. The lowest BCUT2D eigenvalue weighted by Crippen LogP contribution is -2.54. The molecular weight excluding hydrogens is 441 g/mol. The van der Waals surface area contributed by atoms with Crippen molar-refractivity contribution in [2.24, 2.45) is 0 Å². The fourth-order valence-corrected chi connectivity index (χ4v) is 4.48. The number of rotatable bonds is 13. The fraction of sp³-hybridized carbons (Fsp3) is 0.480. The van der Waals surface area contributed by atoms with Crippen LogP contribution in [0.4, 0.5) is 0 Å². The number of hydrogen-bond donors (Lipinski definition) is 2. The van der Waals surface area contributed by atoms with Crippen molar-refractivity contribution in [3.8, 4) is 5.75 Å². The number of amides is 1. The van der Waals surface area contributed by atoms with E-state index < -0.39 is 13.9 Å². The van der Waals surface area contributed by atoms with E-state index in [0.717, 1.165) is 44.3 Å². The molecule has 0 aromatic heterocycles. The van der Waals surface area contributed by atoms with Gasteiger partial charge in [0.2, 0.25) is 5.91 Å². The van der Waals surface area contributed by atoms with Crippen LogP contribution in [0.15, 0.2) is 54.6 Å². The lowest BCUT2D eigenvalue weighted by atomic mass is 10.0. The highest BCUT2D eigenvalue weighted by Crippen LogP contribution is 2.39. The van der Waals surface area contributed by atoms with Gasteiger partial charge in [-0.15, -0.1) is 0 Å². The Morgan fingerprint density at radius 2 is 1.85 bits per heavy atom. The molecular formula is C25H34NO6P. The van der Waals surface area contributed by atoms with Crippen molar-refractivity contribution < 1.29 is 28.4 Å². The van der Waals surface area contributed by atoms with Gasteiger partial charge in [0.25, 0.3) is 0 Å². The minimum Gasteiger partial charge on any atom is -0.486 e. The van der Waals surface area contributed by atoms with E-state index in [-0.39, 0.29) is 25.1 Å². The summed E-state index contributed by atoms with van der Waals surface area (Å²) in [6, 6.07) is 18.5. The molecule has 2 aromatic carbocycles. The molecule has 1 atom stereocenters. The molecule has 1 aliphatic rings. The number of hydrogen-bond acceptors (Lipinski definition) is 4. The van der Waals surface area contributed by atoms with Crippen LogP contribution in [0.2, 0.25) is 0 Å². The average molecular weight is 476 g/mol. The molecule has 1 saturated heterocycles. The van der Waals surface area contributed by atoms with Crippen molar-refractivity contribution in [2.75, 3.05) is 13.1 Å². The zero-order valence-electron chi connectivity index (χ0n) is 19.1. The minimum atomic E-state index is -4.49. The third-order valence-corrected chi connectivity index (χ3v) is 6.33. The summed E-state index contributed by atoms with van der Waals surface area (Å²) in [4.78, 5) is 31.4. The second kappa shape index (κ2) is 12.3. The maximum atomic E-state index is 12.2. The molecule has 180 valence electrons. The van der Waals surface area contributed by atoms with Gasteiger partial charge in [0.05, 0.1) is 0 Å². The molecule has 2 N–H and O–H groups in total. The summed E-state index contributed by atoms with van der Waals surface area (Å²) < 4.78 is 21.8. The Hall–Kier alpha value is -2.18. The quantitative estimate of drug-likeness (QED) is 0.312. The SMILES string of the molecule is CCCCC(Oc1cccc(CCCCC(=O)N2CC(OP(=O)(O)O)C2)c1)c1ccccc1. The van der Waals surface area contributed by atoms with Crippen LogP contribution < -0.4 is 4.74 Å². The second-order valence-electron chi connectivity index (χ2n) is 8.53. The highest BCUT2D eigenvalue weighted by Gasteiger charge is 2.35. The summed E-state index contributed by atoms with van der Waals surface area (Å²) in [6.07, 6.45) is 5.59. The van der Waals surface area contributed by atoms with Crippen molar-refractivity contribution in [3.63, 3.8) is 0 Å². The Labute approximate surface area is 196 Å².